The molecule has 0 radical (unpaired) electrons. The van der Waals surface area contributed by atoms with Crippen LogP contribution < -0.4 is 4.74 Å². The predicted octanol–water partition coefficient (Wildman–Crippen LogP) is 5.70. The third kappa shape index (κ3) is 3.55. The lowest BCUT2D eigenvalue weighted by Gasteiger charge is -2.35. The van der Waals surface area contributed by atoms with Crippen LogP contribution in [-0.2, 0) is 16.6 Å². The van der Waals surface area contributed by atoms with Gasteiger partial charge in [-0.05, 0) is 62.9 Å². The molecular formula is C20H27BrO2. The van der Waals surface area contributed by atoms with Gasteiger partial charge < -0.3 is 9.53 Å². The first-order chi connectivity index (χ1) is 10.8. The number of halogens is 1. The van der Waals surface area contributed by atoms with Gasteiger partial charge in [-0.2, -0.15) is 0 Å². The molecule has 2 nitrogen and oxygen atoms in total. The Bertz CT molecular complexity index is 627. The number of hydrogen-bond donors (Lipinski definition) is 0. The van der Waals surface area contributed by atoms with E-state index in [9.17, 15) is 4.79 Å². The van der Waals surface area contributed by atoms with Gasteiger partial charge in [0.15, 0.2) is 0 Å². The highest BCUT2D eigenvalue weighted by atomic mass is 79.9. The van der Waals surface area contributed by atoms with Crippen LogP contribution >= 0.6 is 15.9 Å². The average Bonchev–Trinajstić information content (AvgIpc) is 2.46. The molecule has 126 valence electrons. The topological polar surface area (TPSA) is 26.3 Å². The normalized spacial score (nSPS) is 16.0. The van der Waals surface area contributed by atoms with Crippen LogP contribution in [0, 0.1) is 5.92 Å². The Balaban J connectivity index is 2.71. The largest absolute Gasteiger partial charge is 0.492 e. The zero-order valence-electron chi connectivity index (χ0n) is 14.8. The Morgan fingerprint density at radius 1 is 1.39 bits per heavy atom. The SMILES string of the molecule is CCCOc1c(CC=O)cc2c(c1Br)C(C)(C)CC=C2C(C)C. The van der Waals surface area contributed by atoms with Crippen molar-refractivity contribution in [3.8, 4) is 5.75 Å². The maximum atomic E-state index is 11.1. The van der Waals surface area contributed by atoms with Gasteiger partial charge in [0.2, 0.25) is 0 Å². The molecular weight excluding hydrogens is 352 g/mol. The fourth-order valence-corrected chi connectivity index (χ4v) is 4.42. The van der Waals surface area contributed by atoms with Crippen LogP contribution in [-0.4, -0.2) is 12.9 Å². The van der Waals surface area contributed by atoms with E-state index in [1.165, 1.54) is 16.7 Å². The van der Waals surface area contributed by atoms with E-state index >= 15 is 0 Å². The molecule has 0 unspecified atom stereocenters. The smallest absolute Gasteiger partial charge is 0.137 e. The van der Waals surface area contributed by atoms with Crippen LogP contribution in [0.25, 0.3) is 5.57 Å². The van der Waals surface area contributed by atoms with Gasteiger partial charge in [-0.3, -0.25) is 0 Å². The number of rotatable bonds is 6. The summed E-state index contributed by atoms with van der Waals surface area (Å²) in [6.45, 7) is 11.7. The van der Waals surface area contributed by atoms with E-state index in [2.05, 4.69) is 62.7 Å². The first kappa shape index (κ1) is 18.3. The summed E-state index contributed by atoms with van der Waals surface area (Å²) in [7, 11) is 0. The second-order valence-electron chi connectivity index (χ2n) is 7.22. The first-order valence-corrected chi connectivity index (χ1v) is 9.25. The van der Waals surface area contributed by atoms with E-state index in [0.717, 1.165) is 34.9 Å². The standard InChI is InChI=1S/C20H27BrO2/c1-6-11-23-19-14(8-10-22)12-16-15(13(2)3)7-9-20(4,5)17(16)18(19)21/h7,10,12-13H,6,8-9,11H2,1-5H3. The molecule has 1 aliphatic rings. The summed E-state index contributed by atoms with van der Waals surface area (Å²) in [5, 5.41) is 0. The zero-order chi connectivity index (χ0) is 17.2. The molecule has 0 atom stereocenters. The Labute approximate surface area is 148 Å². The van der Waals surface area contributed by atoms with Crippen molar-refractivity contribution in [2.24, 2.45) is 5.92 Å². The molecule has 0 aliphatic heterocycles. The minimum Gasteiger partial charge on any atom is -0.492 e. The second-order valence-corrected chi connectivity index (χ2v) is 8.02. The number of benzene rings is 1. The Hall–Kier alpha value is -1.09. The van der Waals surface area contributed by atoms with E-state index in [-0.39, 0.29) is 5.41 Å². The summed E-state index contributed by atoms with van der Waals surface area (Å²) in [6, 6.07) is 2.17. The quantitative estimate of drug-likeness (QED) is 0.593. The molecule has 0 bridgehead atoms. The highest BCUT2D eigenvalue weighted by Crippen LogP contribution is 2.49. The third-order valence-corrected chi connectivity index (χ3v) is 5.25. The summed E-state index contributed by atoms with van der Waals surface area (Å²) in [4.78, 5) is 11.1. The summed E-state index contributed by atoms with van der Waals surface area (Å²) in [6.07, 6.45) is 5.67. The molecule has 0 saturated heterocycles. The lowest BCUT2D eigenvalue weighted by molar-refractivity contribution is -0.107. The molecule has 0 N–H and O–H groups in total. The maximum absolute atomic E-state index is 11.1. The highest BCUT2D eigenvalue weighted by molar-refractivity contribution is 9.10. The zero-order valence-corrected chi connectivity index (χ0v) is 16.4. The van der Waals surface area contributed by atoms with Crippen LogP contribution in [0.2, 0.25) is 0 Å². The molecule has 0 heterocycles. The van der Waals surface area contributed by atoms with Gasteiger partial charge in [-0.1, -0.05) is 40.7 Å². The molecule has 1 aliphatic carbocycles. The van der Waals surface area contributed by atoms with Gasteiger partial charge in [0.05, 0.1) is 11.1 Å². The van der Waals surface area contributed by atoms with Gasteiger partial charge in [0, 0.05) is 12.0 Å². The van der Waals surface area contributed by atoms with Crippen molar-refractivity contribution >= 4 is 27.8 Å². The van der Waals surface area contributed by atoms with Gasteiger partial charge in [0.25, 0.3) is 0 Å². The van der Waals surface area contributed by atoms with E-state index in [1.807, 2.05) is 0 Å². The van der Waals surface area contributed by atoms with Gasteiger partial charge >= 0.3 is 0 Å². The Morgan fingerprint density at radius 3 is 2.65 bits per heavy atom. The molecule has 0 amide bonds. The van der Waals surface area contributed by atoms with Crippen LogP contribution in [0.5, 0.6) is 5.75 Å². The van der Waals surface area contributed by atoms with Gasteiger partial charge in [-0.15, -0.1) is 0 Å². The fraction of sp³-hybridized carbons (Fsp3) is 0.550. The van der Waals surface area contributed by atoms with E-state index in [0.29, 0.717) is 18.9 Å². The van der Waals surface area contributed by atoms with Crippen molar-refractivity contribution in [3.05, 3.63) is 33.3 Å². The van der Waals surface area contributed by atoms with Gasteiger partial charge in [-0.25, -0.2) is 0 Å². The van der Waals surface area contributed by atoms with Crippen molar-refractivity contribution < 1.29 is 9.53 Å². The average molecular weight is 379 g/mol. The van der Waals surface area contributed by atoms with E-state index in [1.54, 1.807) is 0 Å². The second kappa shape index (κ2) is 7.21. The molecule has 2 rings (SSSR count). The molecule has 23 heavy (non-hydrogen) atoms. The first-order valence-electron chi connectivity index (χ1n) is 8.46. The molecule has 1 aromatic rings. The van der Waals surface area contributed by atoms with Crippen molar-refractivity contribution in [1.82, 2.24) is 0 Å². The fourth-order valence-electron chi connectivity index (χ4n) is 3.30. The Morgan fingerprint density at radius 2 is 2.09 bits per heavy atom. The van der Waals surface area contributed by atoms with E-state index < -0.39 is 0 Å². The number of hydrogen-bond acceptors (Lipinski definition) is 2. The summed E-state index contributed by atoms with van der Waals surface area (Å²) in [5.41, 5.74) is 4.97. The molecule has 3 heteroatoms. The van der Waals surface area contributed by atoms with E-state index in [4.69, 9.17) is 4.74 Å². The highest BCUT2D eigenvalue weighted by Gasteiger charge is 2.33. The molecule has 0 saturated carbocycles. The number of allylic oxidation sites excluding steroid dienone is 2. The molecule has 0 spiro atoms. The minimum absolute atomic E-state index is 0.0522. The Kier molecular flexibility index (Phi) is 5.72. The minimum atomic E-state index is 0.0522. The van der Waals surface area contributed by atoms with Crippen molar-refractivity contribution in [2.45, 2.75) is 59.3 Å². The number of ether oxygens (including phenoxy) is 1. The van der Waals surface area contributed by atoms with Crippen molar-refractivity contribution in [3.63, 3.8) is 0 Å². The summed E-state index contributed by atoms with van der Waals surface area (Å²) >= 11 is 3.80. The number of fused-ring (bicyclic) bond motifs is 1. The number of carbonyl (C=O) groups excluding carboxylic acids is 1. The number of carbonyl (C=O) groups is 1. The van der Waals surface area contributed by atoms with Crippen molar-refractivity contribution in [2.75, 3.05) is 6.61 Å². The van der Waals surface area contributed by atoms with Crippen LogP contribution in [0.1, 0.15) is 64.2 Å². The molecule has 0 aromatic heterocycles. The van der Waals surface area contributed by atoms with Crippen LogP contribution in [0.4, 0.5) is 0 Å². The predicted molar refractivity (Wildman–Crippen MR) is 100 cm³/mol. The molecule has 1 aromatic carbocycles. The molecule has 0 fully saturated rings. The number of aldehydes is 1. The van der Waals surface area contributed by atoms with Crippen molar-refractivity contribution in [1.29, 1.82) is 0 Å². The lowest BCUT2D eigenvalue weighted by Crippen LogP contribution is -2.24. The maximum Gasteiger partial charge on any atom is 0.137 e. The summed E-state index contributed by atoms with van der Waals surface area (Å²) < 4.78 is 7.02. The third-order valence-electron chi connectivity index (χ3n) is 4.49. The summed E-state index contributed by atoms with van der Waals surface area (Å²) in [5.74, 6) is 1.30. The van der Waals surface area contributed by atoms with Gasteiger partial charge in [0.1, 0.15) is 12.0 Å². The van der Waals surface area contributed by atoms with Crippen LogP contribution in [0.15, 0.2) is 16.6 Å². The monoisotopic (exact) mass is 378 g/mol. The van der Waals surface area contributed by atoms with Crippen LogP contribution in [0.3, 0.4) is 0 Å². The lowest BCUT2D eigenvalue weighted by atomic mass is 9.71.